The molecule has 3 rings (SSSR count). The first-order valence-corrected chi connectivity index (χ1v) is 16.1. The summed E-state index contributed by atoms with van der Waals surface area (Å²) in [5.74, 6) is 0.0752. The van der Waals surface area contributed by atoms with Crippen LogP contribution in [0.15, 0.2) is 48.5 Å². The van der Waals surface area contributed by atoms with Crippen LogP contribution in [-0.2, 0) is 14.2 Å². The number of nitrogens with one attached hydrogen (secondary N) is 1. The molecule has 1 aliphatic carbocycles. The van der Waals surface area contributed by atoms with Gasteiger partial charge in [0.15, 0.2) is 0 Å². The number of benzene rings is 2. The van der Waals surface area contributed by atoms with E-state index in [4.69, 9.17) is 14.2 Å². The minimum atomic E-state index is -0.403. The summed E-state index contributed by atoms with van der Waals surface area (Å²) in [6.45, 7) is 5.44. The van der Waals surface area contributed by atoms with E-state index in [1.54, 1.807) is 0 Å². The number of fused-ring (bicyclic) bond motifs is 3. The first kappa shape index (κ1) is 32.1. The van der Waals surface area contributed by atoms with Crippen LogP contribution in [0.3, 0.4) is 0 Å². The molecule has 0 aliphatic heterocycles. The van der Waals surface area contributed by atoms with Crippen LogP contribution in [0.4, 0.5) is 4.79 Å². The Kier molecular flexibility index (Phi) is 16.5. The normalized spacial score (nSPS) is 12.3. The molecule has 1 aliphatic rings. The molecule has 2 aromatic rings. The van der Waals surface area contributed by atoms with Crippen LogP contribution < -0.4 is 5.32 Å². The summed E-state index contributed by atoms with van der Waals surface area (Å²) in [6, 6.07) is 16.7. The maximum absolute atomic E-state index is 12.2. The largest absolute Gasteiger partial charge is 0.449 e. The Bertz CT molecular complexity index is 901. The average molecular weight is 552 g/mol. The predicted molar refractivity (Wildman–Crippen MR) is 165 cm³/mol. The number of carbonyl (C=O) groups excluding carboxylic acids is 1. The summed E-state index contributed by atoms with van der Waals surface area (Å²) >= 11 is 0. The van der Waals surface area contributed by atoms with Crippen molar-refractivity contribution in [3.63, 3.8) is 0 Å². The van der Waals surface area contributed by atoms with Gasteiger partial charge >= 0.3 is 6.09 Å². The number of carbonyl (C=O) groups is 1. The fraction of sp³-hybridized carbons (Fsp3) is 0.629. The molecule has 0 heterocycles. The minimum absolute atomic E-state index is 0.0752. The van der Waals surface area contributed by atoms with Crippen LogP contribution in [0.1, 0.15) is 114 Å². The topological polar surface area (TPSA) is 56.8 Å². The fourth-order valence-corrected chi connectivity index (χ4v) is 5.60. The number of hydrogen-bond acceptors (Lipinski definition) is 4. The molecular weight excluding hydrogens is 498 g/mol. The number of amides is 1. The molecule has 1 N–H and O–H groups in total. The number of unbranched alkanes of at least 4 members (excludes halogenated alkanes) is 13. The number of rotatable bonds is 23. The molecule has 0 spiro atoms. The molecule has 40 heavy (non-hydrogen) atoms. The standard InChI is InChI=1S/C35H53NO4/c1-2-3-4-5-6-7-8-9-10-11-12-13-14-19-25-38-27-28-39-26-24-36-35(37)40-29-34-32-22-17-15-20-30(32)31-21-16-18-23-33(31)34/h15-18,20-23,34H,2-14,19,24-29H2,1H3,(H,36,37). The second-order valence-corrected chi connectivity index (χ2v) is 11.1. The molecule has 0 atom stereocenters. The highest BCUT2D eigenvalue weighted by Gasteiger charge is 2.28. The molecule has 5 nitrogen and oxygen atoms in total. The van der Waals surface area contributed by atoms with E-state index in [0.717, 1.165) is 13.0 Å². The Labute approximate surface area is 243 Å². The van der Waals surface area contributed by atoms with E-state index in [1.807, 2.05) is 12.1 Å². The van der Waals surface area contributed by atoms with Crippen molar-refractivity contribution in [3.8, 4) is 11.1 Å². The predicted octanol–water partition coefficient (Wildman–Crippen LogP) is 9.04. The molecule has 0 unspecified atom stereocenters. The quantitative estimate of drug-likeness (QED) is 0.140. The zero-order valence-corrected chi connectivity index (χ0v) is 25.0. The summed E-state index contributed by atoms with van der Waals surface area (Å²) in [7, 11) is 0. The van der Waals surface area contributed by atoms with E-state index in [-0.39, 0.29) is 5.92 Å². The molecule has 0 bridgehead atoms. The Balaban J connectivity index is 1.07. The summed E-state index contributed by atoms with van der Waals surface area (Å²) in [5.41, 5.74) is 4.89. The summed E-state index contributed by atoms with van der Waals surface area (Å²) < 4.78 is 16.8. The Morgan fingerprint density at radius 1 is 0.625 bits per heavy atom. The van der Waals surface area contributed by atoms with Crippen molar-refractivity contribution in [1.82, 2.24) is 5.32 Å². The third kappa shape index (κ3) is 12.0. The summed E-state index contributed by atoms with van der Waals surface area (Å²) in [5, 5.41) is 2.79. The van der Waals surface area contributed by atoms with Gasteiger partial charge < -0.3 is 19.5 Å². The van der Waals surface area contributed by atoms with Gasteiger partial charge in [-0.3, -0.25) is 0 Å². The van der Waals surface area contributed by atoms with Gasteiger partial charge in [0, 0.05) is 19.1 Å². The second-order valence-electron chi connectivity index (χ2n) is 11.1. The van der Waals surface area contributed by atoms with Gasteiger partial charge in [-0.05, 0) is 28.7 Å². The van der Waals surface area contributed by atoms with Crippen LogP contribution in [0.5, 0.6) is 0 Å². The van der Waals surface area contributed by atoms with Crippen LogP contribution >= 0.6 is 0 Å². The highest BCUT2D eigenvalue weighted by molar-refractivity contribution is 5.79. The van der Waals surface area contributed by atoms with Gasteiger partial charge in [0.05, 0.1) is 19.8 Å². The lowest BCUT2D eigenvalue weighted by Crippen LogP contribution is -2.29. The van der Waals surface area contributed by atoms with Gasteiger partial charge in [0.25, 0.3) is 0 Å². The molecule has 2 aromatic carbocycles. The van der Waals surface area contributed by atoms with Crippen LogP contribution in [-0.4, -0.2) is 45.7 Å². The third-order valence-electron chi connectivity index (χ3n) is 7.87. The summed E-state index contributed by atoms with van der Waals surface area (Å²) in [4.78, 5) is 12.2. The van der Waals surface area contributed by atoms with Crippen molar-refractivity contribution in [2.24, 2.45) is 0 Å². The second kappa shape index (κ2) is 20.5. The van der Waals surface area contributed by atoms with Gasteiger partial charge in [-0.15, -0.1) is 0 Å². The number of hydrogen-bond donors (Lipinski definition) is 1. The minimum Gasteiger partial charge on any atom is -0.449 e. The Hall–Kier alpha value is -2.37. The zero-order chi connectivity index (χ0) is 28.1. The SMILES string of the molecule is CCCCCCCCCCCCCCCCOCCOCCNC(=O)OCC1c2ccccc2-c2ccccc21. The van der Waals surface area contributed by atoms with E-state index in [1.165, 1.54) is 106 Å². The first-order valence-electron chi connectivity index (χ1n) is 16.1. The summed E-state index contributed by atoms with van der Waals surface area (Å²) in [6.07, 6.45) is 18.7. The lowest BCUT2D eigenvalue weighted by molar-refractivity contribution is 0.0468. The molecule has 0 aromatic heterocycles. The Morgan fingerprint density at radius 2 is 1.10 bits per heavy atom. The van der Waals surface area contributed by atoms with Crippen molar-refractivity contribution >= 4 is 6.09 Å². The van der Waals surface area contributed by atoms with Crippen LogP contribution in [0.2, 0.25) is 0 Å². The lowest BCUT2D eigenvalue weighted by atomic mass is 9.98. The smallest absolute Gasteiger partial charge is 0.407 e. The number of alkyl carbamates (subject to hydrolysis) is 1. The van der Waals surface area contributed by atoms with Gasteiger partial charge in [0.2, 0.25) is 0 Å². The monoisotopic (exact) mass is 551 g/mol. The van der Waals surface area contributed by atoms with E-state index in [9.17, 15) is 4.79 Å². The maximum Gasteiger partial charge on any atom is 0.407 e. The number of ether oxygens (including phenoxy) is 3. The van der Waals surface area contributed by atoms with Crippen LogP contribution in [0, 0.1) is 0 Å². The van der Waals surface area contributed by atoms with E-state index < -0.39 is 6.09 Å². The van der Waals surface area contributed by atoms with Gasteiger partial charge in [-0.1, -0.05) is 139 Å². The fourth-order valence-electron chi connectivity index (χ4n) is 5.60. The van der Waals surface area contributed by atoms with Gasteiger partial charge in [0.1, 0.15) is 6.61 Å². The molecule has 0 radical (unpaired) electrons. The first-order chi connectivity index (χ1) is 19.8. The van der Waals surface area contributed by atoms with Crippen molar-refractivity contribution in [2.75, 3.05) is 39.6 Å². The maximum atomic E-state index is 12.2. The molecule has 0 saturated heterocycles. The van der Waals surface area contributed by atoms with E-state index in [2.05, 4.69) is 48.6 Å². The molecular formula is C35H53NO4. The molecule has 5 heteroatoms. The van der Waals surface area contributed by atoms with Gasteiger partial charge in [-0.25, -0.2) is 4.79 Å². The van der Waals surface area contributed by atoms with E-state index in [0.29, 0.717) is 33.0 Å². The van der Waals surface area contributed by atoms with Crippen molar-refractivity contribution in [2.45, 2.75) is 103 Å². The molecule has 222 valence electrons. The lowest BCUT2D eigenvalue weighted by Gasteiger charge is -2.14. The van der Waals surface area contributed by atoms with Crippen molar-refractivity contribution in [1.29, 1.82) is 0 Å². The van der Waals surface area contributed by atoms with E-state index >= 15 is 0 Å². The van der Waals surface area contributed by atoms with Crippen molar-refractivity contribution < 1.29 is 19.0 Å². The van der Waals surface area contributed by atoms with Crippen molar-refractivity contribution in [3.05, 3.63) is 59.7 Å². The molecule has 0 fully saturated rings. The molecule has 0 saturated carbocycles. The molecule has 1 amide bonds. The van der Waals surface area contributed by atoms with Gasteiger partial charge in [-0.2, -0.15) is 0 Å². The zero-order valence-electron chi connectivity index (χ0n) is 25.0. The average Bonchev–Trinajstić information content (AvgIpc) is 3.30. The Morgan fingerprint density at radius 3 is 1.65 bits per heavy atom. The highest BCUT2D eigenvalue weighted by atomic mass is 16.5. The van der Waals surface area contributed by atoms with Crippen LogP contribution in [0.25, 0.3) is 11.1 Å². The highest BCUT2D eigenvalue weighted by Crippen LogP contribution is 2.44. The third-order valence-corrected chi connectivity index (χ3v) is 7.87.